The van der Waals surface area contributed by atoms with E-state index in [0.29, 0.717) is 18.9 Å². The molecule has 12 nitrogen and oxygen atoms in total. The average Bonchev–Trinajstić information content (AvgIpc) is 2.89. The largest absolute Gasteiger partial charge is 0.507 e. The van der Waals surface area contributed by atoms with Crippen molar-refractivity contribution in [2.24, 2.45) is 4.99 Å². The van der Waals surface area contributed by atoms with Crippen LogP contribution in [-0.2, 0) is 19.6 Å². The molecule has 2 aromatic carbocycles. The Morgan fingerprint density at radius 2 is 1.90 bits per heavy atom. The number of phenolic OH excluding ortho intramolecular Hbond substituents is 1. The van der Waals surface area contributed by atoms with Crippen LogP contribution in [0, 0.1) is 0 Å². The van der Waals surface area contributed by atoms with E-state index in [9.17, 15) is 23.1 Å². The van der Waals surface area contributed by atoms with Crippen LogP contribution in [0.25, 0.3) is 0 Å². The zero-order valence-corrected chi connectivity index (χ0v) is 23.0. The van der Waals surface area contributed by atoms with Crippen LogP contribution in [0.1, 0.15) is 37.6 Å². The molecule has 39 heavy (non-hydrogen) atoms. The van der Waals surface area contributed by atoms with Gasteiger partial charge in [-0.25, -0.2) is 8.42 Å². The first kappa shape index (κ1) is 29.7. The number of guanidine groups is 1. The summed E-state index contributed by atoms with van der Waals surface area (Å²) in [6.07, 6.45) is 0.992. The number of ether oxygens (including phenoxy) is 2. The molecule has 1 aliphatic rings. The molecule has 3 rings (SSSR count). The number of nitrogens with zero attached hydrogens (tertiary/aromatic N) is 1. The molecule has 212 valence electrons. The highest BCUT2D eigenvalue weighted by molar-refractivity contribution is 7.89. The second kappa shape index (κ2) is 13.3. The molecular weight excluding hydrogens is 526 g/mol. The Balaban J connectivity index is 1.61. The van der Waals surface area contributed by atoms with Crippen LogP contribution in [0.2, 0.25) is 0 Å². The third-order valence-electron chi connectivity index (χ3n) is 5.28. The second-order valence-electron chi connectivity index (χ2n) is 9.70. The minimum Gasteiger partial charge on any atom is -0.507 e. The number of benzene rings is 2. The molecule has 0 bridgehead atoms. The van der Waals surface area contributed by atoms with Crippen LogP contribution >= 0.6 is 0 Å². The fourth-order valence-electron chi connectivity index (χ4n) is 3.47. The molecule has 0 radical (unpaired) electrons. The number of phenols is 1. The Hall–Kier alpha value is -3.84. The van der Waals surface area contributed by atoms with Gasteiger partial charge in [0.2, 0.25) is 10.0 Å². The third-order valence-corrected chi connectivity index (χ3v) is 6.77. The first-order valence-corrected chi connectivity index (χ1v) is 14.0. The van der Waals surface area contributed by atoms with E-state index in [0.717, 1.165) is 25.5 Å². The van der Waals surface area contributed by atoms with E-state index in [1.165, 1.54) is 30.3 Å². The van der Waals surface area contributed by atoms with Crippen LogP contribution < -0.4 is 25.4 Å². The summed E-state index contributed by atoms with van der Waals surface area (Å²) in [6.45, 7) is 6.93. The lowest BCUT2D eigenvalue weighted by atomic mass is 10.1. The number of carbonyl (C=O) groups excluding carboxylic acids is 2. The van der Waals surface area contributed by atoms with Gasteiger partial charge in [-0.15, -0.1) is 0 Å². The van der Waals surface area contributed by atoms with Crippen molar-refractivity contribution in [2.75, 3.05) is 32.8 Å². The van der Waals surface area contributed by atoms with Crippen molar-refractivity contribution in [2.45, 2.75) is 43.7 Å². The number of hydrogen-bond donors (Lipinski definition) is 5. The van der Waals surface area contributed by atoms with Crippen molar-refractivity contribution >= 4 is 27.9 Å². The van der Waals surface area contributed by atoms with Gasteiger partial charge in [-0.05, 0) is 51.5 Å². The van der Waals surface area contributed by atoms with E-state index in [-0.39, 0.29) is 16.2 Å². The molecule has 5 N–H and O–H groups in total. The van der Waals surface area contributed by atoms with E-state index < -0.39 is 40.1 Å². The third kappa shape index (κ3) is 9.45. The summed E-state index contributed by atoms with van der Waals surface area (Å²) in [7, 11) is -4.09. The highest BCUT2D eigenvalue weighted by atomic mass is 32.2. The number of amides is 1. The predicted molar refractivity (Wildman–Crippen MR) is 145 cm³/mol. The van der Waals surface area contributed by atoms with Gasteiger partial charge in [0.05, 0.1) is 17.0 Å². The first-order valence-electron chi connectivity index (χ1n) is 12.5. The van der Waals surface area contributed by atoms with Gasteiger partial charge in [-0.2, -0.15) is 4.72 Å². The predicted octanol–water partition coefficient (Wildman–Crippen LogP) is 1.13. The maximum absolute atomic E-state index is 12.8. The summed E-state index contributed by atoms with van der Waals surface area (Å²) >= 11 is 0. The number of sulfonamides is 1. The highest BCUT2D eigenvalue weighted by Crippen LogP contribution is 2.23. The van der Waals surface area contributed by atoms with Gasteiger partial charge in [0, 0.05) is 25.7 Å². The lowest BCUT2D eigenvalue weighted by Gasteiger charge is -2.24. The molecule has 0 aromatic heterocycles. The minimum absolute atomic E-state index is 0.0451. The van der Waals surface area contributed by atoms with Gasteiger partial charge in [-0.3, -0.25) is 14.6 Å². The summed E-state index contributed by atoms with van der Waals surface area (Å²) in [5.74, 6) is -0.843. The number of esters is 1. The fourth-order valence-corrected chi connectivity index (χ4v) is 4.68. The molecule has 13 heteroatoms. The number of carbonyl (C=O) groups is 2. The standard InChI is InChI=1S/C26H35N5O7S/c1-26(2,3)38-24(34)21(31-39(35,36)19-8-5-4-6-9-19)17-30-23(33)20-11-10-18(16-22(20)32)37-15-14-29-25-27-12-7-13-28-25/h4-6,8-11,16,21,31-32H,7,12-15,17H2,1-3H3,(H,30,33)(H2,27,28,29)/t21-/m0/s1. The molecular formula is C26H35N5O7S. The Morgan fingerprint density at radius 3 is 2.54 bits per heavy atom. The molecule has 1 aliphatic heterocycles. The molecule has 0 fully saturated rings. The summed E-state index contributed by atoms with van der Waals surface area (Å²) < 4.78 is 38.9. The Kier molecular flexibility index (Phi) is 10.1. The van der Waals surface area contributed by atoms with Gasteiger partial charge in [0.25, 0.3) is 5.91 Å². The van der Waals surface area contributed by atoms with Gasteiger partial charge in [-0.1, -0.05) is 18.2 Å². The molecule has 1 amide bonds. The maximum Gasteiger partial charge on any atom is 0.326 e. The van der Waals surface area contributed by atoms with Crippen molar-refractivity contribution in [1.82, 2.24) is 20.7 Å². The second-order valence-corrected chi connectivity index (χ2v) is 11.4. The summed E-state index contributed by atoms with van der Waals surface area (Å²) in [5.41, 5.74) is -0.961. The molecule has 0 saturated heterocycles. The monoisotopic (exact) mass is 561 g/mol. The number of aliphatic imine (C=N–C) groups is 1. The molecule has 1 heterocycles. The van der Waals surface area contributed by atoms with E-state index >= 15 is 0 Å². The van der Waals surface area contributed by atoms with Crippen molar-refractivity contribution < 1.29 is 32.6 Å². The van der Waals surface area contributed by atoms with E-state index in [1.807, 2.05) is 0 Å². The van der Waals surface area contributed by atoms with Crippen molar-refractivity contribution in [3.63, 3.8) is 0 Å². The lowest BCUT2D eigenvalue weighted by molar-refractivity contribution is -0.156. The van der Waals surface area contributed by atoms with Crippen molar-refractivity contribution in [3.8, 4) is 11.5 Å². The average molecular weight is 562 g/mol. The minimum atomic E-state index is -4.09. The maximum atomic E-state index is 12.8. The number of nitrogens with one attached hydrogen (secondary N) is 4. The SMILES string of the molecule is CC(C)(C)OC(=O)[C@H](CNC(=O)c1ccc(OCCNC2=NCCCN2)cc1O)NS(=O)(=O)c1ccccc1. The Bertz CT molecular complexity index is 1280. The topological polar surface area (TPSA) is 167 Å². The van der Waals surface area contributed by atoms with Gasteiger partial charge in [0.15, 0.2) is 5.96 Å². The molecule has 2 aromatic rings. The summed E-state index contributed by atoms with van der Waals surface area (Å²) in [4.78, 5) is 29.8. The molecule has 0 aliphatic carbocycles. The molecule has 0 spiro atoms. The number of hydrogen-bond acceptors (Lipinski definition) is 10. The fraction of sp³-hybridized carbons (Fsp3) is 0.423. The molecule has 0 saturated carbocycles. The van der Waals surface area contributed by atoms with Gasteiger partial charge >= 0.3 is 5.97 Å². The van der Waals surface area contributed by atoms with Gasteiger partial charge < -0.3 is 30.5 Å². The van der Waals surface area contributed by atoms with E-state index in [4.69, 9.17) is 9.47 Å². The van der Waals surface area contributed by atoms with Crippen LogP contribution in [0.15, 0.2) is 58.4 Å². The molecule has 0 unspecified atom stereocenters. The smallest absolute Gasteiger partial charge is 0.326 e. The van der Waals surface area contributed by atoms with Crippen molar-refractivity contribution in [1.29, 1.82) is 0 Å². The first-order chi connectivity index (χ1) is 18.4. The zero-order chi connectivity index (χ0) is 28.5. The summed E-state index contributed by atoms with van der Waals surface area (Å²) in [5, 5.41) is 19.1. The quantitative estimate of drug-likeness (QED) is 0.200. The normalized spacial score (nSPS) is 14.4. The summed E-state index contributed by atoms with van der Waals surface area (Å²) in [6, 6.07) is 10.3. The molecule has 1 atom stereocenters. The van der Waals surface area contributed by atoms with Crippen LogP contribution in [0.4, 0.5) is 0 Å². The van der Waals surface area contributed by atoms with Gasteiger partial charge in [0.1, 0.15) is 29.7 Å². The van der Waals surface area contributed by atoms with E-state index in [2.05, 4.69) is 25.7 Å². The lowest BCUT2D eigenvalue weighted by Crippen LogP contribution is -2.50. The van der Waals surface area contributed by atoms with Crippen molar-refractivity contribution in [3.05, 3.63) is 54.1 Å². The van der Waals surface area contributed by atoms with Crippen LogP contribution in [0.5, 0.6) is 11.5 Å². The van der Waals surface area contributed by atoms with E-state index in [1.54, 1.807) is 39.0 Å². The highest BCUT2D eigenvalue weighted by Gasteiger charge is 2.30. The Morgan fingerprint density at radius 1 is 1.15 bits per heavy atom. The van der Waals surface area contributed by atoms with Crippen LogP contribution in [0.3, 0.4) is 0 Å². The van der Waals surface area contributed by atoms with Crippen LogP contribution in [-0.4, -0.2) is 75.8 Å². The number of rotatable bonds is 11. The zero-order valence-electron chi connectivity index (χ0n) is 22.2. The number of aromatic hydroxyl groups is 1. The Labute approximate surface area is 228 Å².